The van der Waals surface area contributed by atoms with E-state index in [2.05, 4.69) is 5.32 Å². The van der Waals surface area contributed by atoms with E-state index in [0.29, 0.717) is 21.7 Å². The molecule has 5 nitrogen and oxygen atoms in total. The number of carbonyl (C=O) groups excluding carboxylic acids is 2. The molecule has 136 valence electrons. The summed E-state index contributed by atoms with van der Waals surface area (Å²) in [5.74, 6) is -0.00677. The molecule has 1 aromatic rings. The molecule has 0 aromatic heterocycles. The van der Waals surface area contributed by atoms with Crippen LogP contribution in [-0.4, -0.2) is 42.5 Å². The number of ether oxygens (including phenoxy) is 1. The summed E-state index contributed by atoms with van der Waals surface area (Å²) in [5.41, 5.74) is 0.480. The first-order chi connectivity index (χ1) is 12.0. The second kappa shape index (κ2) is 7.94. The Morgan fingerprint density at radius 2 is 2.04 bits per heavy atom. The van der Waals surface area contributed by atoms with Gasteiger partial charge in [-0.15, -0.1) is 0 Å². The highest BCUT2D eigenvalue weighted by atomic mass is 35.5. The fourth-order valence-electron chi connectivity index (χ4n) is 4.10. The van der Waals surface area contributed by atoms with Crippen molar-refractivity contribution in [2.75, 3.05) is 19.0 Å². The number of likely N-dealkylation sites (tertiary alicyclic amines) is 1. The molecule has 3 rings (SSSR count). The van der Waals surface area contributed by atoms with Gasteiger partial charge in [0.05, 0.1) is 29.4 Å². The minimum absolute atomic E-state index is 0.143. The number of benzene rings is 1. The highest BCUT2D eigenvalue weighted by Gasteiger charge is 2.46. The number of rotatable bonds is 4. The Kier molecular flexibility index (Phi) is 5.87. The summed E-state index contributed by atoms with van der Waals surface area (Å²) in [5, 5.41) is 3.51. The largest absolute Gasteiger partial charge is 0.468 e. The molecule has 0 bridgehead atoms. The van der Waals surface area contributed by atoms with E-state index in [0.717, 1.165) is 25.7 Å². The maximum absolute atomic E-state index is 12.6. The van der Waals surface area contributed by atoms with Gasteiger partial charge in [0.2, 0.25) is 5.91 Å². The predicted octanol–water partition coefficient (Wildman–Crippen LogP) is 3.74. The van der Waals surface area contributed by atoms with Gasteiger partial charge in [-0.3, -0.25) is 14.5 Å². The fourth-order valence-corrected chi connectivity index (χ4v) is 4.45. The molecule has 0 radical (unpaired) electrons. The van der Waals surface area contributed by atoms with Gasteiger partial charge in [0, 0.05) is 6.04 Å². The summed E-state index contributed by atoms with van der Waals surface area (Å²) in [6, 6.07) is 5.02. The Balaban J connectivity index is 1.72. The molecule has 3 atom stereocenters. The van der Waals surface area contributed by atoms with E-state index in [4.69, 9.17) is 27.9 Å². The summed E-state index contributed by atoms with van der Waals surface area (Å²) in [6.07, 6.45) is 5.21. The monoisotopic (exact) mass is 384 g/mol. The van der Waals surface area contributed by atoms with Crippen LogP contribution in [-0.2, 0) is 14.3 Å². The Bertz CT molecular complexity index is 668. The molecule has 7 heteroatoms. The van der Waals surface area contributed by atoms with Crippen molar-refractivity contribution in [1.82, 2.24) is 4.90 Å². The Hall–Kier alpha value is -1.30. The number of methoxy groups -OCH3 is 1. The van der Waals surface area contributed by atoms with E-state index in [-0.39, 0.29) is 30.5 Å². The van der Waals surface area contributed by atoms with Crippen LogP contribution in [0.1, 0.15) is 32.1 Å². The van der Waals surface area contributed by atoms with Crippen LogP contribution in [0.25, 0.3) is 0 Å². The van der Waals surface area contributed by atoms with Crippen LogP contribution in [0.15, 0.2) is 18.2 Å². The van der Waals surface area contributed by atoms with Crippen LogP contribution in [0.2, 0.25) is 10.0 Å². The molecule has 1 aromatic carbocycles. The van der Waals surface area contributed by atoms with Crippen LogP contribution < -0.4 is 5.32 Å². The van der Waals surface area contributed by atoms with E-state index in [1.807, 2.05) is 4.90 Å². The van der Waals surface area contributed by atoms with Gasteiger partial charge in [0.1, 0.15) is 6.04 Å². The van der Waals surface area contributed by atoms with Gasteiger partial charge < -0.3 is 10.1 Å². The lowest BCUT2D eigenvalue weighted by Gasteiger charge is -2.32. The molecule has 3 unspecified atom stereocenters. The molecule has 1 aliphatic carbocycles. The van der Waals surface area contributed by atoms with Crippen molar-refractivity contribution in [3.05, 3.63) is 28.2 Å². The van der Waals surface area contributed by atoms with Gasteiger partial charge in [0.15, 0.2) is 0 Å². The van der Waals surface area contributed by atoms with Gasteiger partial charge in [-0.1, -0.05) is 42.1 Å². The molecule has 1 N–H and O–H groups in total. The van der Waals surface area contributed by atoms with E-state index in [1.165, 1.54) is 13.5 Å². The maximum atomic E-state index is 12.6. The van der Waals surface area contributed by atoms with Crippen LogP contribution in [0.5, 0.6) is 0 Å². The number of esters is 1. The average Bonchev–Trinajstić information content (AvgIpc) is 2.97. The molecule has 2 aliphatic rings. The first kappa shape index (κ1) is 18.5. The molecule has 1 heterocycles. The standard InChI is InChI=1S/C18H22Cl2N2O3/c1-25-18(24)15-9-11-5-2-3-8-14(11)22(15)10-16(23)21-13-7-4-6-12(19)17(13)20/h4,6-7,11,14-15H,2-3,5,8-10H2,1H3,(H,21,23). The van der Waals surface area contributed by atoms with E-state index in [1.54, 1.807) is 18.2 Å². The summed E-state index contributed by atoms with van der Waals surface area (Å²) in [4.78, 5) is 26.7. The lowest BCUT2D eigenvalue weighted by molar-refractivity contribution is -0.146. The van der Waals surface area contributed by atoms with Gasteiger partial charge in [-0.25, -0.2) is 0 Å². The third kappa shape index (κ3) is 3.94. The van der Waals surface area contributed by atoms with Crippen LogP contribution >= 0.6 is 23.2 Å². The van der Waals surface area contributed by atoms with Gasteiger partial charge in [0.25, 0.3) is 0 Å². The number of halogens is 2. The minimum Gasteiger partial charge on any atom is -0.468 e. The second-order valence-corrected chi connectivity index (χ2v) is 7.49. The van der Waals surface area contributed by atoms with E-state index in [9.17, 15) is 9.59 Å². The fraction of sp³-hybridized carbons (Fsp3) is 0.556. The second-order valence-electron chi connectivity index (χ2n) is 6.71. The molecule has 1 saturated heterocycles. The summed E-state index contributed by atoms with van der Waals surface area (Å²) in [7, 11) is 1.40. The Morgan fingerprint density at radius 1 is 1.28 bits per heavy atom. The number of carbonyl (C=O) groups is 2. The predicted molar refractivity (Wildman–Crippen MR) is 98.0 cm³/mol. The summed E-state index contributed by atoms with van der Waals surface area (Å²) >= 11 is 12.1. The minimum atomic E-state index is -0.348. The highest BCUT2D eigenvalue weighted by molar-refractivity contribution is 6.44. The molecule has 1 saturated carbocycles. The van der Waals surface area contributed by atoms with Gasteiger partial charge in [-0.05, 0) is 37.3 Å². The summed E-state index contributed by atoms with van der Waals surface area (Å²) in [6.45, 7) is 0.143. The van der Waals surface area contributed by atoms with Crippen molar-refractivity contribution in [2.45, 2.75) is 44.2 Å². The third-order valence-electron chi connectivity index (χ3n) is 5.25. The zero-order chi connectivity index (χ0) is 18.0. The van der Waals surface area contributed by atoms with Crippen molar-refractivity contribution in [3.8, 4) is 0 Å². The number of amides is 1. The smallest absolute Gasteiger partial charge is 0.323 e. The topological polar surface area (TPSA) is 58.6 Å². The van der Waals surface area contributed by atoms with Crippen LogP contribution in [0.3, 0.4) is 0 Å². The van der Waals surface area contributed by atoms with E-state index < -0.39 is 0 Å². The Labute approximate surface area is 157 Å². The number of hydrogen-bond acceptors (Lipinski definition) is 4. The van der Waals surface area contributed by atoms with E-state index >= 15 is 0 Å². The average molecular weight is 385 g/mol. The lowest BCUT2D eigenvalue weighted by Crippen LogP contribution is -2.46. The number of nitrogens with one attached hydrogen (secondary N) is 1. The third-order valence-corrected chi connectivity index (χ3v) is 6.07. The van der Waals surface area contributed by atoms with Crippen molar-refractivity contribution in [3.63, 3.8) is 0 Å². The van der Waals surface area contributed by atoms with Crippen LogP contribution in [0.4, 0.5) is 5.69 Å². The van der Waals surface area contributed by atoms with Crippen molar-refractivity contribution >= 4 is 40.8 Å². The molecule has 0 spiro atoms. The SMILES string of the molecule is COC(=O)C1CC2CCCCC2N1CC(=O)Nc1cccc(Cl)c1Cl. The maximum Gasteiger partial charge on any atom is 0.323 e. The highest BCUT2D eigenvalue weighted by Crippen LogP contribution is 2.40. The zero-order valence-corrected chi connectivity index (χ0v) is 15.6. The first-order valence-corrected chi connectivity index (χ1v) is 9.34. The molecule has 1 aliphatic heterocycles. The van der Waals surface area contributed by atoms with Gasteiger partial charge in [-0.2, -0.15) is 0 Å². The molecule has 2 fully saturated rings. The zero-order valence-electron chi connectivity index (χ0n) is 14.1. The van der Waals surface area contributed by atoms with Crippen molar-refractivity contribution < 1.29 is 14.3 Å². The normalized spacial score (nSPS) is 26.1. The Morgan fingerprint density at radius 3 is 2.80 bits per heavy atom. The van der Waals surface area contributed by atoms with Gasteiger partial charge >= 0.3 is 5.97 Å². The first-order valence-electron chi connectivity index (χ1n) is 8.58. The molecular formula is C18H22Cl2N2O3. The molecular weight excluding hydrogens is 363 g/mol. The van der Waals surface area contributed by atoms with Crippen molar-refractivity contribution in [1.29, 1.82) is 0 Å². The molecule has 25 heavy (non-hydrogen) atoms. The van der Waals surface area contributed by atoms with Crippen molar-refractivity contribution in [2.24, 2.45) is 5.92 Å². The van der Waals surface area contributed by atoms with Crippen LogP contribution in [0, 0.1) is 5.92 Å². The lowest BCUT2D eigenvalue weighted by atomic mass is 9.85. The number of hydrogen-bond donors (Lipinski definition) is 1. The number of fused-ring (bicyclic) bond motifs is 1. The molecule has 1 amide bonds. The number of anilines is 1. The number of nitrogens with zero attached hydrogens (tertiary/aromatic N) is 1. The summed E-state index contributed by atoms with van der Waals surface area (Å²) < 4.78 is 4.95. The quantitative estimate of drug-likeness (QED) is 0.803.